The Morgan fingerprint density at radius 1 is 1.64 bits per heavy atom. The number of rotatable bonds is 2. The fraction of sp³-hybridized carbons (Fsp3) is 0.125. The van der Waals surface area contributed by atoms with Gasteiger partial charge in [-0.2, -0.15) is 0 Å². The summed E-state index contributed by atoms with van der Waals surface area (Å²) in [5.41, 5.74) is 0.675. The predicted molar refractivity (Wildman–Crippen MR) is 51.3 cm³/mol. The van der Waals surface area contributed by atoms with E-state index in [0.29, 0.717) is 10.8 Å². The van der Waals surface area contributed by atoms with Gasteiger partial charge in [0.05, 0.1) is 5.69 Å². The Morgan fingerprint density at radius 2 is 2.50 bits per heavy atom. The molecule has 14 heavy (non-hydrogen) atoms. The summed E-state index contributed by atoms with van der Waals surface area (Å²) < 4.78 is 4.79. The fourth-order valence-corrected chi connectivity index (χ4v) is 1.44. The Bertz CT molecular complexity index is 435. The standard InChI is InChI=1S/C8H7N3O2S/c1-5-4-6(13-11-5)7(12)10-8-9-2-3-14-8/h2-4H,1H3,(H,9,10,12). The number of aromatic nitrogens is 2. The van der Waals surface area contributed by atoms with Crippen LogP contribution < -0.4 is 5.32 Å². The van der Waals surface area contributed by atoms with Crippen LogP contribution in [-0.2, 0) is 0 Å². The van der Waals surface area contributed by atoms with E-state index in [1.54, 1.807) is 24.6 Å². The number of aryl methyl sites for hydroxylation is 1. The van der Waals surface area contributed by atoms with E-state index in [2.05, 4.69) is 15.5 Å². The Hall–Kier alpha value is -1.69. The lowest BCUT2D eigenvalue weighted by Crippen LogP contribution is -2.10. The summed E-state index contributed by atoms with van der Waals surface area (Å²) >= 11 is 1.35. The highest BCUT2D eigenvalue weighted by molar-refractivity contribution is 7.13. The van der Waals surface area contributed by atoms with E-state index < -0.39 is 0 Å². The molecule has 0 atom stereocenters. The Labute approximate surface area is 83.8 Å². The van der Waals surface area contributed by atoms with E-state index in [1.165, 1.54) is 11.3 Å². The van der Waals surface area contributed by atoms with Crippen molar-refractivity contribution in [3.8, 4) is 0 Å². The second-order valence-corrected chi connectivity index (χ2v) is 3.52. The molecular formula is C8H7N3O2S. The first-order chi connectivity index (χ1) is 6.75. The minimum Gasteiger partial charge on any atom is -0.351 e. The lowest BCUT2D eigenvalue weighted by atomic mass is 10.4. The van der Waals surface area contributed by atoms with Crippen molar-refractivity contribution in [2.75, 3.05) is 5.32 Å². The van der Waals surface area contributed by atoms with Gasteiger partial charge in [0, 0.05) is 17.6 Å². The normalized spacial score (nSPS) is 10.1. The van der Waals surface area contributed by atoms with Gasteiger partial charge in [-0.25, -0.2) is 4.98 Å². The van der Waals surface area contributed by atoms with Crippen LogP contribution in [0.3, 0.4) is 0 Å². The van der Waals surface area contributed by atoms with Gasteiger partial charge < -0.3 is 4.52 Å². The number of carbonyl (C=O) groups excluding carboxylic acids is 1. The van der Waals surface area contributed by atoms with E-state index in [1.807, 2.05) is 0 Å². The molecule has 0 fully saturated rings. The van der Waals surface area contributed by atoms with Gasteiger partial charge in [0.25, 0.3) is 5.91 Å². The Morgan fingerprint density at radius 3 is 3.07 bits per heavy atom. The smallest absolute Gasteiger partial charge is 0.296 e. The van der Waals surface area contributed by atoms with E-state index in [9.17, 15) is 4.79 Å². The molecule has 0 aliphatic heterocycles. The number of hydrogen-bond acceptors (Lipinski definition) is 5. The van der Waals surface area contributed by atoms with Crippen molar-refractivity contribution in [2.45, 2.75) is 6.92 Å². The molecule has 2 aromatic rings. The van der Waals surface area contributed by atoms with Gasteiger partial charge in [0.1, 0.15) is 0 Å². The molecule has 1 amide bonds. The van der Waals surface area contributed by atoms with Crippen LogP contribution in [0.1, 0.15) is 16.2 Å². The zero-order valence-electron chi connectivity index (χ0n) is 7.35. The zero-order chi connectivity index (χ0) is 9.97. The lowest BCUT2D eigenvalue weighted by Gasteiger charge is -1.94. The summed E-state index contributed by atoms with van der Waals surface area (Å²) in [6.07, 6.45) is 1.62. The number of carbonyl (C=O) groups is 1. The largest absolute Gasteiger partial charge is 0.351 e. The monoisotopic (exact) mass is 209 g/mol. The van der Waals surface area contributed by atoms with E-state index in [-0.39, 0.29) is 11.7 Å². The predicted octanol–water partition coefficient (Wildman–Crippen LogP) is 1.69. The molecule has 0 aliphatic carbocycles. The van der Waals surface area contributed by atoms with Crippen LogP contribution in [0.25, 0.3) is 0 Å². The molecule has 0 unspecified atom stereocenters. The van der Waals surface area contributed by atoms with E-state index >= 15 is 0 Å². The molecule has 2 aromatic heterocycles. The molecule has 5 nitrogen and oxygen atoms in total. The van der Waals surface area contributed by atoms with Gasteiger partial charge in [0.15, 0.2) is 5.13 Å². The highest BCUT2D eigenvalue weighted by Crippen LogP contribution is 2.12. The molecule has 0 saturated carbocycles. The molecule has 0 aromatic carbocycles. The summed E-state index contributed by atoms with van der Waals surface area (Å²) in [5, 5.41) is 8.52. The minimum absolute atomic E-state index is 0.192. The maximum Gasteiger partial charge on any atom is 0.296 e. The summed E-state index contributed by atoms with van der Waals surface area (Å²) in [4.78, 5) is 15.4. The third-order valence-corrected chi connectivity index (χ3v) is 2.19. The Balaban J connectivity index is 2.10. The summed E-state index contributed by atoms with van der Waals surface area (Å²) in [6.45, 7) is 1.75. The van der Waals surface area contributed by atoms with Gasteiger partial charge in [-0.15, -0.1) is 11.3 Å². The second-order valence-electron chi connectivity index (χ2n) is 2.62. The van der Waals surface area contributed by atoms with Crippen LogP contribution in [0.2, 0.25) is 0 Å². The van der Waals surface area contributed by atoms with E-state index in [4.69, 9.17) is 4.52 Å². The van der Waals surface area contributed by atoms with Gasteiger partial charge in [-0.3, -0.25) is 10.1 Å². The van der Waals surface area contributed by atoms with E-state index in [0.717, 1.165) is 0 Å². The second kappa shape index (κ2) is 3.59. The number of anilines is 1. The number of amides is 1. The quantitative estimate of drug-likeness (QED) is 0.817. The molecule has 0 aliphatic rings. The fourth-order valence-electron chi connectivity index (χ4n) is 0.914. The number of thiazole rings is 1. The minimum atomic E-state index is -0.333. The molecule has 0 radical (unpaired) electrons. The van der Waals surface area contributed by atoms with Crippen LogP contribution >= 0.6 is 11.3 Å². The van der Waals surface area contributed by atoms with Gasteiger partial charge in [-0.1, -0.05) is 5.16 Å². The highest BCUT2D eigenvalue weighted by Gasteiger charge is 2.12. The summed E-state index contributed by atoms with van der Waals surface area (Å²) in [6, 6.07) is 1.57. The number of nitrogens with zero attached hydrogens (tertiary/aromatic N) is 2. The molecule has 2 heterocycles. The van der Waals surface area contributed by atoms with Crippen molar-refractivity contribution >= 4 is 22.4 Å². The third kappa shape index (κ3) is 1.80. The van der Waals surface area contributed by atoms with Gasteiger partial charge >= 0.3 is 0 Å². The average Bonchev–Trinajstić information content (AvgIpc) is 2.75. The van der Waals surface area contributed by atoms with Crippen molar-refractivity contribution in [3.05, 3.63) is 29.1 Å². The van der Waals surface area contributed by atoms with Gasteiger partial charge in [0.2, 0.25) is 5.76 Å². The molecule has 0 spiro atoms. The van der Waals surface area contributed by atoms with Crippen LogP contribution in [0.15, 0.2) is 22.2 Å². The first-order valence-corrected chi connectivity index (χ1v) is 4.78. The zero-order valence-corrected chi connectivity index (χ0v) is 8.17. The summed E-state index contributed by atoms with van der Waals surface area (Å²) in [5.74, 6) is -0.141. The molecule has 6 heteroatoms. The lowest BCUT2D eigenvalue weighted by molar-refractivity contribution is 0.0988. The molecule has 0 saturated heterocycles. The average molecular weight is 209 g/mol. The molecule has 2 rings (SSSR count). The van der Waals surface area contributed by atoms with Gasteiger partial charge in [-0.05, 0) is 6.92 Å². The van der Waals surface area contributed by atoms with Crippen molar-refractivity contribution in [1.82, 2.24) is 10.1 Å². The third-order valence-electron chi connectivity index (χ3n) is 1.50. The maximum atomic E-state index is 11.4. The highest BCUT2D eigenvalue weighted by atomic mass is 32.1. The number of hydrogen-bond donors (Lipinski definition) is 1. The molecular weight excluding hydrogens is 202 g/mol. The van der Waals surface area contributed by atoms with Crippen molar-refractivity contribution in [3.63, 3.8) is 0 Å². The summed E-state index contributed by atoms with van der Waals surface area (Å²) in [7, 11) is 0. The number of nitrogens with one attached hydrogen (secondary N) is 1. The van der Waals surface area contributed by atoms with Crippen LogP contribution in [0.5, 0.6) is 0 Å². The van der Waals surface area contributed by atoms with Crippen LogP contribution in [-0.4, -0.2) is 16.0 Å². The SMILES string of the molecule is Cc1cc(C(=O)Nc2nccs2)on1. The molecule has 72 valence electrons. The van der Waals surface area contributed by atoms with Crippen LogP contribution in [0.4, 0.5) is 5.13 Å². The molecule has 1 N–H and O–H groups in total. The van der Waals surface area contributed by atoms with Crippen LogP contribution in [0, 0.1) is 6.92 Å². The van der Waals surface area contributed by atoms with Crippen molar-refractivity contribution in [2.24, 2.45) is 0 Å². The first-order valence-electron chi connectivity index (χ1n) is 3.90. The maximum absolute atomic E-state index is 11.4. The molecule has 0 bridgehead atoms. The van der Waals surface area contributed by atoms with Crippen molar-refractivity contribution < 1.29 is 9.32 Å². The topological polar surface area (TPSA) is 68.0 Å². The van der Waals surface area contributed by atoms with Crippen molar-refractivity contribution in [1.29, 1.82) is 0 Å². The Kier molecular flexibility index (Phi) is 2.28. The first kappa shape index (κ1) is 8.89.